The molecule has 1 amide bonds. The number of hydrogen-bond donors (Lipinski definition) is 1. The molecule has 1 N–H and O–H groups in total. The lowest BCUT2D eigenvalue weighted by Gasteiger charge is -2.44. The second kappa shape index (κ2) is 6.33. The van der Waals surface area contributed by atoms with Crippen molar-refractivity contribution in [3.05, 3.63) is 92.9 Å². The van der Waals surface area contributed by atoms with Gasteiger partial charge in [0.05, 0.1) is 23.0 Å². The van der Waals surface area contributed by atoms with Crippen LogP contribution in [0.2, 0.25) is 5.02 Å². The molecule has 0 aliphatic carbocycles. The van der Waals surface area contributed by atoms with Crippen molar-refractivity contribution in [1.29, 1.82) is 0 Å². The van der Waals surface area contributed by atoms with E-state index in [-0.39, 0.29) is 11.9 Å². The van der Waals surface area contributed by atoms with Gasteiger partial charge in [-0.2, -0.15) is 5.10 Å². The zero-order valence-corrected chi connectivity index (χ0v) is 17.9. The Morgan fingerprint density at radius 2 is 1.97 bits per heavy atom. The van der Waals surface area contributed by atoms with Crippen LogP contribution >= 0.6 is 27.5 Å². The van der Waals surface area contributed by atoms with Gasteiger partial charge in [0.2, 0.25) is 0 Å². The molecule has 0 unspecified atom stereocenters. The van der Waals surface area contributed by atoms with Crippen LogP contribution in [0.3, 0.4) is 0 Å². The highest BCUT2D eigenvalue weighted by Crippen LogP contribution is 2.54. The summed E-state index contributed by atoms with van der Waals surface area (Å²) < 4.78 is 7.32. The fourth-order valence-corrected chi connectivity index (χ4v) is 5.03. The minimum Gasteiger partial charge on any atom is -0.453 e. The molecule has 30 heavy (non-hydrogen) atoms. The third-order valence-electron chi connectivity index (χ3n) is 5.83. The van der Waals surface area contributed by atoms with Crippen molar-refractivity contribution in [2.24, 2.45) is 5.10 Å². The van der Waals surface area contributed by atoms with Gasteiger partial charge >= 0.3 is 5.72 Å². The van der Waals surface area contributed by atoms with E-state index < -0.39 is 5.72 Å². The Morgan fingerprint density at radius 3 is 2.80 bits per heavy atom. The predicted molar refractivity (Wildman–Crippen MR) is 119 cm³/mol. The molecule has 0 saturated carbocycles. The molecule has 3 aromatic carbocycles. The third kappa shape index (κ3) is 2.41. The Labute approximate surface area is 186 Å². The first kappa shape index (κ1) is 18.0. The van der Waals surface area contributed by atoms with Crippen LogP contribution in [0.4, 0.5) is 5.69 Å². The van der Waals surface area contributed by atoms with Crippen molar-refractivity contribution < 1.29 is 9.53 Å². The van der Waals surface area contributed by atoms with Crippen molar-refractivity contribution in [2.45, 2.75) is 18.2 Å². The first-order valence-electron chi connectivity index (χ1n) is 9.58. The van der Waals surface area contributed by atoms with Gasteiger partial charge in [0.25, 0.3) is 5.91 Å². The lowest BCUT2D eigenvalue weighted by atomic mass is 9.92. The second-order valence-corrected chi connectivity index (χ2v) is 8.90. The molecular weight excluding hydrogens is 466 g/mol. The van der Waals surface area contributed by atoms with E-state index in [0.29, 0.717) is 17.2 Å². The standard InChI is InChI=1S/C23H15BrClN3O2/c24-14-6-8-18-17(10-14)23(22(29)26-18)28-20(16-11-15(25)7-9-21(16)30-23)12-19(27-28)13-4-2-1-3-5-13/h1-11,20H,12H2,(H,26,29)/t20-,23+/m1/s1. The van der Waals surface area contributed by atoms with Gasteiger partial charge in [-0.1, -0.05) is 57.9 Å². The van der Waals surface area contributed by atoms with Gasteiger partial charge < -0.3 is 10.1 Å². The molecule has 0 fully saturated rings. The molecule has 2 atom stereocenters. The molecule has 0 aromatic heterocycles. The van der Waals surface area contributed by atoms with Gasteiger partial charge in [-0.15, -0.1) is 0 Å². The number of carbonyl (C=O) groups is 1. The number of fused-ring (bicyclic) bond motifs is 6. The van der Waals surface area contributed by atoms with Crippen LogP contribution in [-0.2, 0) is 10.5 Å². The SMILES string of the molecule is O=C1Nc2ccc(Br)cc2[C@]12Oc1ccc(Cl)cc1[C@H]1CC(c3ccccc3)=NN12. The maximum Gasteiger partial charge on any atom is 0.306 e. The maximum atomic E-state index is 13.4. The number of nitrogens with one attached hydrogen (secondary N) is 1. The van der Waals surface area contributed by atoms with E-state index in [0.717, 1.165) is 32.6 Å². The topological polar surface area (TPSA) is 53.9 Å². The summed E-state index contributed by atoms with van der Waals surface area (Å²) in [6.07, 6.45) is 0.652. The number of hydrazone groups is 1. The van der Waals surface area contributed by atoms with E-state index in [1.807, 2.05) is 65.7 Å². The highest BCUT2D eigenvalue weighted by Gasteiger charge is 2.61. The minimum atomic E-state index is -1.37. The number of benzene rings is 3. The molecule has 5 nitrogen and oxygen atoms in total. The van der Waals surface area contributed by atoms with E-state index in [1.165, 1.54) is 0 Å². The Balaban J connectivity index is 1.60. The zero-order valence-electron chi connectivity index (χ0n) is 15.6. The van der Waals surface area contributed by atoms with E-state index in [4.69, 9.17) is 21.4 Å². The van der Waals surface area contributed by atoms with Crippen LogP contribution in [0, 0.1) is 0 Å². The summed E-state index contributed by atoms with van der Waals surface area (Å²) in [4.78, 5) is 13.4. The highest BCUT2D eigenvalue weighted by molar-refractivity contribution is 9.10. The number of carbonyl (C=O) groups excluding carboxylic acids is 1. The van der Waals surface area contributed by atoms with E-state index in [9.17, 15) is 4.79 Å². The van der Waals surface area contributed by atoms with Crippen molar-refractivity contribution in [3.8, 4) is 5.75 Å². The third-order valence-corrected chi connectivity index (χ3v) is 6.56. The molecule has 148 valence electrons. The van der Waals surface area contributed by atoms with Crippen molar-refractivity contribution in [2.75, 3.05) is 5.32 Å². The van der Waals surface area contributed by atoms with Crippen LogP contribution in [0.1, 0.15) is 29.2 Å². The molecule has 6 rings (SSSR count). The van der Waals surface area contributed by atoms with Gasteiger partial charge in [0, 0.05) is 21.5 Å². The van der Waals surface area contributed by atoms with Gasteiger partial charge in [-0.25, -0.2) is 5.01 Å². The lowest BCUT2D eigenvalue weighted by molar-refractivity contribution is -0.161. The smallest absolute Gasteiger partial charge is 0.306 e. The second-order valence-electron chi connectivity index (χ2n) is 7.55. The Bertz CT molecular complexity index is 1250. The fraction of sp³-hybridized carbons (Fsp3) is 0.130. The van der Waals surface area contributed by atoms with Crippen molar-refractivity contribution in [1.82, 2.24) is 5.01 Å². The number of hydrogen-bond acceptors (Lipinski definition) is 4. The number of ether oxygens (including phenoxy) is 1. The van der Waals surface area contributed by atoms with Gasteiger partial charge in [-0.05, 0) is 42.0 Å². The Morgan fingerprint density at radius 1 is 1.13 bits per heavy atom. The summed E-state index contributed by atoms with van der Waals surface area (Å²) in [6, 6.07) is 21.1. The van der Waals surface area contributed by atoms with E-state index in [1.54, 1.807) is 6.07 Å². The Hall–Kier alpha value is -2.83. The molecule has 7 heteroatoms. The lowest BCUT2D eigenvalue weighted by Crippen LogP contribution is -2.55. The van der Waals surface area contributed by atoms with E-state index in [2.05, 4.69) is 21.2 Å². The molecular formula is C23H15BrClN3O2. The first-order chi connectivity index (χ1) is 14.6. The van der Waals surface area contributed by atoms with Crippen LogP contribution < -0.4 is 10.1 Å². The summed E-state index contributed by atoms with van der Waals surface area (Å²) in [5.74, 6) is 0.396. The van der Waals surface area contributed by atoms with Crippen molar-refractivity contribution >= 4 is 44.8 Å². The number of anilines is 1. The molecule has 3 aliphatic rings. The zero-order chi connectivity index (χ0) is 20.5. The maximum absolute atomic E-state index is 13.4. The predicted octanol–water partition coefficient (Wildman–Crippen LogP) is 5.45. The first-order valence-corrected chi connectivity index (χ1v) is 10.8. The average Bonchev–Trinajstić information content (AvgIpc) is 3.31. The Kier molecular flexibility index (Phi) is 3.80. The molecule has 3 aliphatic heterocycles. The van der Waals surface area contributed by atoms with Gasteiger partial charge in [-0.3, -0.25) is 4.79 Å². The van der Waals surface area contributed by atoms with Crippen molar-refractivity contribution in [3.63, 3.8) is 0 Å². The summed E-state index contributed by atoms with van der Waals surface area (Å²) in [7, 11) is 0. The fourth-order valence-electron chi connectivity index (χ4n) is 4.49. The number of rotatable bonds is 1. The number of halogens is 2. The summed E-state index contributed by atoms with van der Waals surface area (Å²) in [5.41, 5.74) is 2.96. The normalized spacial score (nSPS) is 23.4. The summed E-state index contributed by atoms with van der Waals surface area (Å²) >= 11 is 9.84. The molecule has 3 heterocycles. The number of nitrogens with zero attached hydrogens (tertiary/aromatic N) is 2. The molecule has 0 saturated heterocycles. The largest absolute Gasteiger partial charge is 0.453 e. The number of amides is 1. The summed E-state index contributed by atoms with van der Waals surface area (Å²) in [6.45, 7) is 0. The minimum absolute atomic E-state index is 0.168. The molecule has 3 aromatic rings. The van der Waals surface area contributed by atoms with Gasteiger partial charge in [0.1, 0.15) is 5.75 Å². The summed E-state index contributed by atoms with van der Waals surface area (Å²) in [5, 5.41) is 10.3. The quantitative estimate of drug-likeness (QED) is 0.504. The van der Waals surface area contributed by atoms with Crippen LogP contribution in [-0.4, -0.2) is 16.6 Å². The molecule has 0 bridgehead atoms. The molecule has 0 radical (unpaired) electrons. The van der Waals surface area contributed by atoms with E-state index >= 15 is 0 Å². The highest BCUT2D eigenvalue weighted by atomic mass is 79.9. The molecule has 1 spiro atoms. The van der Waals surface area contributed by atoms with Crippen LogP contribution in [0.5, 0.6) is 5.75 Å². The average molecular weight is 481 g/mol. The van der Waals surface area contributed by atoms with Crippen LogP contribution in [0.25, 0.3) is 0 Å². The van der Waals surface area contributed by atoms with Crippen LogP contribution in [0.15, 0.2) is 76.3 Å². The monoisotopic (exact) mass is 479 g/mol. The van der Waals surface area contributed by atoms with Gasteiger partial charge in [0.15, 0.2) is 0 Å².